The number of β-amino-alcohol motifs (C(OH)–C–C–N with tert-alkyl or cyclic N) is 1. The second-order valence-electron chi connectivity index (χ2n) is 7.80. The Morgan fingerprint density at radius 3 is 2.64 bits per heavy atom. The quantitative estimate of drug-likeness (QED) is 0.845. The second kappa shape index (κ2) is 7.30. The zero-order valence-corrected chi connectivity index (χ0v) is 15.0. The first-order chi connectivity index (χ1) is 11.9. The fourth-order valence-corrected chi connectivity index (χ4v) is 4.05. The van der Waals surface area contributed by atoms with Gasteiger partial charge in [-0.25, -0.2) is 4.98 Å². The van der Waals surface area contributed by atoms with Gasteiger partial charge in [0.1, 0.15) is 11.4 Å². The largest absolute Gasteiger partial charge is 0.389 e. The normalized spacial score (nSPS) is 25.8. The molecule has 1 saturated carbocycles. The van der Waals surface area contributed by atoms with E-state index in [4.69, 9.17) is 0 Å². The lowest BCUT2D eigenvalue weighted by Gasteiger charge is -2.34. The highest BCUT2D eigenvalue weighted by Crippen LogP contribution is 2.32. The minimum Gasteiger partial charge on any atom is -0.389 e. The Bertz CT molecular complexity index is 589. The van der Waals surface area contributed by atoms with E-state index < -0.39 is 11.2 Å². The highest BCUT2D eigenvalue weighted by atomic mass is 16.3. The van der Waals surface area contributed by atoms with E-state index in [1.165, 1.54) is 0 Å². The summed E-state index contributed by atoms with van der Waals surface area (Å²) in [5.74, 6) is 0.762. The number of hydrogen-bond acceptors (Lipinski definition) is 5. The molecule has 25 heavy (non-hydrogen) atoms. The molecule has 6 heteroatoms. The number of likely N-dealkylation sites (N-methyl/N-ethyl adjacent to an activating group) is 1. The van der Waals surface area contributed by atoms with Gasteiger partial charge >= 0.3 is 0 Å². The summed E-state index contributed by atoms with van der Waals surface area (Å²) in [6.45, 7) is 1.47. The number of nitrogens with zero attached hydrogens (tertiary/aromatic N) is 3. The van der Waals surface area contributed by atoms with E-state index in [9.17, 15) is 15.0 Å². The van der Waals surface area contributed by atoms with Gasteiger partial charge in [-0.3, -0.25) is 4.79 Å². The highest BCUT2D eigenvalue weighted by molar-refractivity contribution is 5.77. The van der Waals surface area contributed by atoms with E-state index in [-0.39, 0.29) is 18.9 Å². The lowest BCUT2D eigenvalue weighted by atomic mass is 9.82. The Morgan fingerprint density at radius 1 is 1.20 bits per heavy atom. The van der Waals surface area contributed by atoms with Crippen LogP contribution < -0.4 is 4.90 Å². The van der Waals surface area contributed by atoms with Crippen molar-refractivity contribution < 1.29 is 15.0 Å². The Morgan fingerprint density at radius 2 is 1.96 bits per heavy atom. The molecule has 1 aliphatic carbocycles. The minimum absolute atomic E-state index is 0.0888. The van der Waals surface area contributed by atoms with E-state index in [2.05, 4.69) is 4.98 Å². The number of pyridine rings is 1. The molecule has 1 aromatic heterocycles. The lowest BCUT2D eigenvalue weighted by Crippen LogP contribution is -2.47. The smallest absolute Gasteiger partial charge is 0.225 e. The van der Waals surface area contributed by atoms with Gasteiger partial charge in [-0.2, -0.15) is 0 Å². The van der Waals surface area contributed by atoms with Gasteiger partial charge in [0.05, 0.1) is 18.6 Å². The molecule has 1 amide bonds. The number of aliphatic hydroxyl groups is 2. The average molecular weight is 347 g/mol. The Balaban J connectivity index is 1.55. The van der Waals surface area contributed by atoms with Gasteiger partial charge in [-0.05, 0) is 31.4 Å². The van der Waals surface area contributed by atoms with E-state index in [1.54, 1.807) is 18.1 Å². The fourth-order valence-electron chi connectivity index (χ4n) is 4.05. The van der Waals surface area contributed by atoms with Crippen LogP contribution in [0.1, 0.15) is 44.9 Å². The van der Waals surface area contributed by atoms with E-state index >= 15 is 0 Å². The fraction of sp³-hybridized carbons (Fsp3) is 0.684. The number of anilines is 1. The van der Waals surface area contributed by atoms with Crippen LogP contribution in [0.5, 0.6) is 0 Å². The molecule has 0 aromatic carbocycles. The predicted octanol–water partition coefficient (Wildman–Crippen LogP) is 1.57. The van der Waals surface area contributed by atoms with Crippen LogP contribution >= 0.6 is 0 Å². The molecule has 0 radical (unpaired) electrons. The molecule has 3 rings (SSSR count). The summed E-state index contributed by atoms with van der Waals surface area (Å²) in [6, 6.07) is 5.73. The van der Waals surface area contributed by atoms with Crippen molar-refractivity contribution in [3.05, 3.63) is 24.4 Å². The molecule has 0 bridgehead atoms. The van der Waals surface area contributed by atoms with Crippen LogP contribution in [0.4, 0.5) is 5.82 Å². The van der Waals surface area contributed by atoms with Crippen molar-refractivity contribution in [2.24, 2.45) is 0 Å². The lowest BCUT2D eigenvalue weighted by molar-refractivity contribution is -0.139. The number of aromatic nitrogens is 1. The van der Waals surface area contributed by atoms with Crippen molar-refractivity contribution >= 4 is 11.7 Å². The van der Waals surface area contributed by atoms with Crippen molar-refractivity contribution in [2.75, 3.05) is 31.6 Å². The molecule has 2 heterocycles. The van der Waals surface area contributed by atoms with Crippen LogP contribution in [0.3, 0.4) is 0 Å². The predicted molar refractivity (Wildman–Crippen MR) is 96.3 cm³/mol. The van der Waals surface area contributed by atoms with Gasteiger partial charge in [0.2, 0.25) is 5.91 Å². The van der Waals surface area contributed by atoms with Crippen molar-refractivity contribution in [1.82, 2.24) is 9.88 Å². The first-order valence-electron chi connectivity index (χ1n) is 9.24. The molecule has 0 unspecified atom stereocenters. The maximum atomic E-state index is 12.5. The van der Waals surface area contributed by atoms with Crippen molar-refractivity contribution in [3.8, 4) is 0 Å². The van der Waals surface area contributed by atoms with Crippen molar-refractivity contribution in [2.45, 2.75) is 56.1 Å². The van der Waals surface area contributed by atoms with Crippen LogP contribution in [0, 0.1) is 0 Å². The van der Waals surface area contributed by atoms with E-state index in [0.29, 0.717) is 25.8 Å². The molecule has 1 aliphatic heterocycles. The Kier molecular flexibility index (Phi) is 5.29. The molecule has 2 N–H and O–H groups in total. The van der Waals surface area contributed by atoms with Crippen LogP contribution in [-0.4, -0.2) is 63.9 Å². The molecular weight excluding hydrogens is 318 g/mol. The maximum Gasteiger partial charge on any atom is 0.225 e. The zero-order chi connectivity index (χ0) is 17.9. The van der Waals surface area contributed by atoms with Gasteiger partial charge in [0.25, 0.3) is 0 Å². The molecule has 1 saturated heterocycles. The number of rotatable bonds is 5. The van der Waals surface area contributed by atoms with Gasteiger partial charge in [0.15, 0.2) is 0 Å². The minimum atomic E-state index is -0.933. The number of hydrogen-bond donors (Lipinski definition) is 2. The van der Waals surface area contributed by atoms with E-state index in [1.807, 2.05) is 23.1 Å². The van der Waals surface area contributed by atoms with Gasteiger partial charge < -0.3 is 20.0 Å². The Labute approximate surface area is 149 Å². The third-order valence-electron chi connectivity index (χ3n) is 5.53. The van der Waals surface area contributed by atoms with Crippen molar-refractivity contribution in [3.63, 3.8) is 0 Å². The summed E-state index contributed by atoms with van der Waals surface area (Å²) in [4.78, 5) is 20.5. The van der Waals surface area contributed by atoms with Crippen LogP contribution in [-0.2, 0) is 4.79 Å². The number of amides is 1. The summed E-state index contributed by atoms with van der Waals surface area (Å²) in [5, 5.41) is 21.5. The zero-order valence-electron chi connectivity index (χ0n) is 15.0. The SMILES string of the molecule is CN(C[C@@]1(O)CCN(c2ccccn2)C1)C(=O)CC1(O)CCCCC1. The molecule has 1 aromatic rings. The topological polar surface area (TPSA) is 76.9 Å². The molecule has 0 spiro atoms. The molecule has 1 atom stereocenters. The monoisotopic (exact) mass is 347 g/mol. The highest BCUT2D eigenvalue weighted by Gasteiger charge is 2.39. The maximum absolute atomic E-state index is 12.5. The molecule has 138 valence electrons. The van der Waals surface area contributed by atoms with Gasteiger partial charge in [-0.1, -0.05) is 25.3 Å². The first kappa shape index (κ1) is 18.1. The molecule has 2 aliphatic rings. The number of carbonyl (C=O) groups is 1. The average Bonchev–Trinajstić information content (AvgIpc) is 2.98. The standard InChI is InChI=1S/C19H29N3O3/c1-21(17(23)13-18(24)8-4-2-5-9-18)14-19(25)10-12-22(15-19)16-7-3-6-11-20-16/h3,6-7,11,24-25H,2,4-5,8-10,12-15H2,1H3/t19-/m0/s1. The van der Waals surface area contributed by atoms with Gasteiger partial charge in [0, 0.05) is 26.3 Å². The van der Waals surface area contributed by atoms with Crippen LogP contribution in [0.15, 0.2) is 24.4 Å². The first-order valence-corrected chi connectivity index (χ1v) is 9.24. The van der Waals surface area contributed by atoms with Gasteiger partial charge in [-0.15, -0.1) is 0 Å². The summed E-state index contributed by atoms with van der Waals surface area (Å²) in [7, 11) is 1.72. The van der Waals surface area contributed by atoms with Crippen LogP contribution in [0.25, 0.3) is 0 Å². The molecule has 2 fully saturated rings. The summed E-state index contributed by atoms with van der Waals surface area (Å²) in [6.07, 6.45) is 7.00. The Hall–Kier alpha value is -1.66. The summed E-state index contributed by atoms with van der Waals surface area (Å²) < 4.78 is 0. The number of carbonyl (C=O) groups excluding carboxylic acids is 1. The molecule has 6 nitrogen and oxygen atoms in total. The second-order valence-corrected chi connectivity index (χ2v) is 7.80. The van der Waals surface area contributed by atoms with Crippen molar-refractivity contribution in [1.29, 1.82) is 0 Å². The van der Waals surface area contributed by atoms with Crippen LogP contribution in [0.2, 0.25) is 0 Å². The van der Waals surface area contributed by atoms with E-state index in [0.717, 1.165) is 31.6 Å². The third kappa shape index (κ3) is 4.50. The summed E-state index contributed by atoms with van der Waals surface area (Å²) in [5.41, 5.74) is -1.79. The third-order valence-corrected chi connectivity index (χ3v) is 5.53. The summed E-state index contributed by atoms with van der Waals surface area (Å²) >= 11 is 0. The molecular formula is C19H29N3O3.